The predicted octanol–water partition coefficient (Wildman–Crippen LogP) is 5.14. The molecule has 2 heterocycles. The lowest BCUT2D eigenvalue weighted by Gasteiger charge is -2.26. The Kier molecular flexibility index (Phi) is 6.05. The molecule has 5 rings (SSSR count). The third kappa shape index (κ3) is 3.93. The van der Waals surface area contributed by atoms with Gasteiger partial charge in [0, 0.05) is 17.7 Å². The molecule has 0 radical (unpaired) electrons. The van der Waals surface area contributed by atoms with Gasteiger partial charge >= 0.3 is 0 Å². The maximum atomic E-state index is 13.9. The van der Waals surface area contributed by atoms with Gasteiger partial charge in [0.15, 0.2) is 11.5 Å². The second-order valence-electron chi connectivity index (χ2n) is 8.35. The van der Waals surface area contributed by atoms with E-state index in [1.54, 1.807) is 25.1 Å². The molecule has 0 saturated carbocycles. The molecule has 9 heteroatoms. The van der Waals surface area contributed by atoms with Gasteiger partial charge in [-0.3, -0.25) is 14.5 Å². The van der Waals surface area contributed by atoms with Crippen molar-refractivity contribution in [2.24, 2.45) is 0 Å². The molecule has 1 saturated heterocycles. The first kappa shape index (κ1) is 23.7. The zero-order valence-corrected chi connectivity index (χ0v) is 19.9. The summed E-state index contributed by atoms with van der Waals surface area (Å²) < 4.78 is 24.9. The maximum Gasteiger partial charge on any atom is 0.300 e. The van der Waals surface area contributed by atoms with Crippen LogP contribution in [-0.4, -0.2) is 35.1 Å². The van der Waals surface area contributed by atoms with Crippen molar-refractivity contribution in [1.29, 1.82) is 0 Å². The van der Waals surface area contributed by atoms with E-state index < -0.39 is 23.5 Å². The van der Waals surface area contributed by atoms with Gasteiger partial charge in [0.25, 0.3) is 11.7 Å². The number of phenols is 1. The highest BCUT2D eigenvalue weighted by Crippen LogP contribution is 2.45. The van der Waals surface area contributed by atoms with Crippen LogP contribution in [0.25, 0.3) is 5.76 Å². The van der Waals surface area contributed by atoms with Crippen molar-refractivity contribution in [2.45, 2.75) is 19.4 Å². The molecule has 36 heavy (non-hydrogen) atoms. The molecule has 3 aromatic rings. The number of aliphatic hydroxyl groups is 1. The van der Waals surface area contributed by atoms with Gasteiger partial charge < -0.3 is 19.7 Å². The second-order valence-corrected chi connectivity index (χ2v) is 8.76. The normalized spacial score (nSPS) is 18.3. The molecule has 7 nitrogen and oxygen atoms in total. The fourth-order valence-electron chi connectivity index (χ4n) is 4.51. The van der Waals surface area contributed by atoms with E-state index in [2.05, 4.69) is 0 Å². The molecule has 0 aromatic heterocycles. The molecular formula is C27H21ClFNO6. The number of nitrogens with zero attached hydrogens (tertiary/aromatic N) is 1. The number of ketones is 1. The van der Waals surface area contributed by atoms with Crippen LogP contribution in [-0.2, 0) is 16.0 Å². The molecule has 1 unspecified atom stereocenters. The first-order valence-electron chi connectivity index (χ1n) is 11.3. The first-order chi connectivity index (χ1) is 17.3. The number of hydrogen-bond donors (Lipinski definition) is 2. The maximum absolute atomic E-state index is 13.9. The van der Waals surface area contributed by atoms with E-state index in [0.717, 1.165) is 16.5 Å². The predicted molar refractivity (Wildman–Crippen MR) is 131 cm³/mol. The summed E-state index contributed by atoms with van der Waals surface area (Å²) in [7, 11) is 0. The molecule has 2 aliphatic rings. The number of rotatable bonds is 5. The van der Waals surface area contributed by atoms with Gasteiger partial charge in [-0.1, -0.05) is 17.7 Å². The number of ether oxygens (including phenoxy) is 2. The van der Waals surface area contributed by atoms with Crippen LogP contribution >= 0.6 is 11.6 Å². The minimum Gasteiger partial charge on any atom is -0.507 e. The van der Waals surface area contributed by atoms with Crippen LogP contribution in [0.4, 0.5) is 10.1 Å². The van der Waals surface area contributed by atoms with Gasteiger partial charge in [-0.2, -0.15) is 0 Å². The van der Waals surface area contributed by atoms with Crippen LogP contribution in [0.5, 0.6) is 17.2 Å². The van der Waals surface area contributed by atoms with Crippen LogP contribution in [0.15, 0.2) is 60.2 Å². The number of hydrogen-bond acceptors (Lipinski definition) is 6. The van der Waals surface area contributed by atoms with E-state index >= 15 is 0 Å². The largest absolute Gasteiger partial charge is 0.507 e. The number of aliphatic hydroxyl groups excluding tert-OH is 1. The lowest BCUT2D eigenvalue weighted by molar-refractivity contribution is -0.132. The Morgan fingerprint density at radius 1 is 1.17 bits per heavy atom. The van der Waals surface area contributed by atoms with Crippen LogP contribution in [0.3, 0.4) is 0 Å². The lowest BCUT2D eigenvalue weighted by atomic mass is 9.94. The summed E-state index contributed by atoms with van der Waals surface area (Å²) in [6.45, 7) is 2.53. The Hall–Kier alpha value is -4.04. The molecule has 2 aliphatic heterocycles. The Balaban J connectivity index is 1.72. The molecule has 0 bridgehead atoms. The standard InChI is InChI=1S/C27H21ClFNO6/c1-2-35-22-12-15(3-7-20(22)31)24-23(25(32)16-4-8-21-14(11-16)9-10-36-21)26(33)27(34)30(24)17-5-6-19(29)18(28)13-17/h3-8,11-13,24,31-32H,2,9-10H2,1H3/b25-23+. The van der Waals surface area contributed by atoms with E-state index in [1.165, 1.54) is 30.3 Å². The summed E-state index contributed by atoms with van der Waals surface area (Å²) in [5.41, 5.74) is 1.62. The SMILES string of the molecule is CCOc1cc(C2/C(=C(\O)c3ccc4c(c3)CCO4)C(=O)C(=O)N2c2ccc(F)c(Cl)c2)ccc1O. The summed E-state index contributed by atoms with van der Waals surface area (Å²) in [5.74, 6) is -2.16. The monoisotopic (exact) mass is 509 g/mol. The van der Waals surface area contributed by atoms with Gasteiger partial charge in [0.2, 0.25) is 0 Å². The average molecular weight is 510 g/mol. The molecular weight excluding hydrogens is 489 g/mol. The van der Waals surface area contributed by atoms with Gasteiger partial charge in [0.1, 0.15) is 17.3 Å². The number of anilines is 1. The smallest absolute Gasteiger partial charge is 0.300 e. The fourth-order valence-corrected chi connectivity index (χ4v) is 4.69. The number of fused-ring (bicyclic) bond motifs is 1. The Bertz CT molecular complexity index is 1440. The van der Waals surface area contributed by atoms with Gasteiger partial charge in [-0.25, -0.2) is 4.39 Å². The number of aromatic hydroxyl groups is 1. The summed E-state index contributed by atoms with van der Waals surface area (Å²) in [6.07, 6.45) is 0.651. The topological polar surface area (TPSA) is 96.3 Å². The molecule has 1 amide bonds. The Morgan fingerprint density at radius 2 is 1.97 bits per heavy atom. The minimum absolute atomic E-state index is 0.124. The molecule has 3 aromatic carbocycles. The second kappa shape index (κ2) is 9.20. The van der Waals surface area contributed by atoms with E-state index in [1.807, 2.05) is 0 Å². The summed E-state index contributed by atoms with van der Waals surface area (Å²) in [5, 5.41) is 21.3. The zero-order chi connectivity index (χ0) is 25.6. The first-order valence-corrected chi connectivity index (χ1v) is 11.7. The number of halogens is 2. The third-order valence-electron chi connectivity index (χ3n) is 6.19. The number of Topliss-reactive ketones (excluding diaryl/α,β-unsaturated/α-hetero) is 1. The number of amides is 1. The molecule has 2 N–H and O–H groups in total. The number of benzene rings is 3. The third-order valence-corrected chi connectivity index (χ3v) is 6.48. The van der Waals surface area contributed by atoms with E-state index in [0.29, 0.717) is 29.9 Å². The van der Waals surface area contributed by atoms with Gasteiger partial charge in [-0.15, -0.1) is 0 Å². The lowest BCUT2D eigenvalue weighted by Crippen LogP contribution is -2.29. The highest BCUT2D eigenvalue weighted by Gasteiger charge is 2.47. The van der Waals surface area contributed by atoms with Gasteiger partial charge in [0.05, 0.1) is 29.9 Å². The van der Waals surface area contributed by atoms with Crippen LogP contribution < -0.4 is 14.4 Å². The molecule has 1 fully saturated rings. The van der Waals surface area contributed by atoms with Crippen LogP contribution in [0.1, 0.15) is 29.7 Å². The summed E-state index contributed by atoms with van der Waals surface area (Å²) in [6, 6.07) is 12.0. The van der Waals surface area contributed by atoms with E-state index in [9.17, 15) is 24.2 Å². The number of carbonyl (C=O) groups is 2. The molecule has 1 atom stereocenters. The molecule has 0 spiro atoms. The van der Waals surface area contributed by atoms with Crippen molar-refractivity contribution in [3.63, 3.8) is 0 Å². The molecule has 184 valence electrons. The fraction of sp³-hybridized carbons (Fsp3) is 0.185. The Labute approximate surface area is 210 Å². The van der Waals surface area contributed by atoms with Crippen molar-refractivity contribution in [2.75, 3.05) is 18.1 Å². The van der Waals surface area contributed by atoms with E-state index in [-0.39, 0.29) is 40.1 Å². The Morgan fingerprint density at radius 3 is 2.72 bits per heavy atom. The van der Waals surface area contributed by atoms with Crippen molar-refractivity contribution in [3.05, 3.63) is 87.7 Å². The minimum atomic E-state index is -1.10. The van der Waals surface area contributed by atoms with Gasteiger partial charge in [-0.05, 0) is 66.6 Å². The summed E-state index contributed by atoms with van der Waals surface area (Å²) >= 11 is 5.98. The van der Waals surface area contributed by atoms with Crippen LogP contribution in [0.2, 0.25) is 5.02 Å². The quantitative estimate of drug-likeness (QED) is 0.281. The van der Waals surface area contributed by atoms with Crippen molar-refractivity contribution >= 4 is 34.7 Å². The highest BCUT2D eigenvalue weighted by atomic mass is 35.5. The number of phenolic OH excluding ortho intramolecular Hbond substituents is 1. The average Bonchev–Trinajstić information content (AvgIpc) is 3.44. The van der Waals surface area contributed by atoms with Crippen molar-refractivity contribution in [3.8, 4) is 17.2 Å². The highest BCUT2D eigenvalue weighted by molar-refractivity contribution is 6.51. The van der Waals surface area contributed by atoms with Crippen molar-refractivity contribution < 1.29 is 33.7 Å². The molecule has 0 aliphatic carbocycles. The summed E-state index contributed by atoms with van der Waals surface area (Å²) in [4.78, 5) is 27.8. The van der Waals surface area contributed by atoms with Crippen molar-refractivity contribution in [1.82, 2.24) is 0 Å². The number of carbonyl (C=O) groups excluding carboxylic acids is 2. The zero-order valence-electron chi connectivity index (χ0n) is 19.1. The van der Waals surface area contributed by atoms with Crippen LogP contribution in [0, 0.1) is 5.82 Å². The van der Waals surface area contributed by atoms with E-state index in [4.69, 9.17) is 21.1 Å².